The van der Waals surface area contributed by atoms with Gasteiger partial charge in [0.15, 0.2) is 5.17 Å². The summed E-state index contributed by atoms with van der Waals surface area (Å²) in [5, 5.41) is 3.86. The molecule has 1 unspecified atom stereocenters. The predicted molar refractivity (Wildman–Crippen MR) is 76.0 cm³/mol. The first kappa shape index (κ1) is 14.3. The van der Waals surface area contributed by atoms with Crippen molar-refractivity contribution < 1.29 is 13.6 Å². The minimum Gasteiger partial charge on any atom is -0.361 e. The third-order valence-electron chi connectivity index (χ3n) is 5.17. The maximum Gasteiger partial charge on any atom is 0.264 e. The van der Waals surface area contributed by atoms with E-state index < -0.39 is 16.6 Å². The number of nitrogens with one attached hydrogen (secondary N) is 1. The molecule has 1 heterocycles. The Morgan fingerprint density at radius 3 is 2.55 bits per heavy atom. The van der Waals surface area contributed by atoms with Gasteiger partial charge >= 0.3 is 0 Å². The van der Waals surface area contributed by atoms with Gasteiger partial charge in [0.1, 0.15) is 4.75 Å². The van der Waals surface area contributed by atoms with E-state index >= 15 is 0 Å². The third-order valence-corrected chi connectivity index (χ3v) is 6.65. The Labute approximate surface area is 122 Å². The van der Waals surface area contributed by atoms with E-state index in [4.69, 9.17) is 0 Å². The number of halogens is 2. The Hall–Kier alpha value is -0.650. The minimum atomic E-state index is -2.49. The maximum atomic E-state index is 13.5. The van der Waals surface area contributed by atoms with E-state index in [0.717, 1.165) is 0 Å². The molecule has 2 fully saturated rings. The Bertz CT molecular complexity index is 480. The molecule has 2 aliphatic carbocycles. The van der Waals surface area contributed by atoms with E-state index in [1.165, 1.54) is 11.8 Å². The Morgan fingerprint density at radius 2 is 2.10 bits per heavy atom. The highest BCUT2D eigenvalue weighted by atomic mass is 32.2. The number of hydrogen-bond donors (Lipinski definition) is 1. The number of alkyl halides is 2. The number of fused-ring (bicyclic) bond motifs is 2. The van der Waals surface area contributed by atoms with Gasteiger partial charge in [0.25, 0.3) is 11.8 Å². The molecule has 0 spiro atoms. The first-order valence-electron chi connectivity index (χ1n) is 7.19. The smallest absolute Gasteiger partial charge is 0.264 e. The molecule has 3 aliphatic rings. The van der Waals surface area contributed by atoms with Crippen LogP contribution in [0.4, 0.5) is 8.78 Å². The van der Waals surface area contributed by atoms with Crippen LogP contribution in [0.15, 0.2) is 4.99 Å². The largest absolute Gasteiger partial charge is 0.361 e. The summed E-state index contributed by atoms with van der Waals surface area (Å²) in [5.41, 5.74) is 0. The number of aliphatic imine (C=N–C) groups is 1. The number of amides is 1. The van der Waals surface area contributed by atoms with Gasteiger partial charge in [0.2, 0.25) is 0 Å². The zero-order chi connectivity index (χ0) is 14.7. The van der Waals surface area contributed by atoms with Crippen LogP contribution in [-0.2, 0) is 4.79 Å². The van der Waals surface area contributed by atoms with Gasteiger partial charge in [-0.3, -0.25) is 4.79 Å². The van der Waals surface area contributed by atoms with Crippen LogP contribution in [0.3, 0.4) is 0 Å². The summed E-state index contributed by atoms with van der Waals surface area (Å²) in [6.45, 7) is 5.90. The van der Waals surface area contributed by atoms with E-state index in [-0.39, 0.29) is 30.2 Å². The highest BCUT2D eigenvalue weighted by Gasteiger charge is 2.57. The highest BCUT2D eigenvalue weighted by molar-refractivity contribution is 8.16. The fourth-order valence-corrected chi connectivity index (χ4v) is 4.55. The molecule has 2 bridgehead atoms. The number of carbonyl (C=O) groups excluding carboxylic acids is 1. The normalized spacial score (nSPS) is 42.4. The third kappa shape index (κ3) is 2.07. The minimum absolute atomic E-state index is 0.0132. The van der Waals surface area contributed by atoms with Crippen molar-refractivity contribution in [3.63, 3.8) is 0 Å². The molecular formula is C14H20F2N2OS. The van der Waals surface area contributed by atoms with Crippen molar-refractivity contribution in [3.05, 3.63) is 0 Å². The second kappa shape index (κ2) is 4.42. The summed E-state index contributed by atoms with van der Waals surface area (Å²) in [5.74, 6) is -2.90. The topological polar surface area (TPSA) is 41.5 Å². The molecular weight excluding hydrogens is 282 g/mol. The molecule has 1 aliphatic heterocycles. The second-order valence-corrected chi connectivity index (χ2v) is 8.17. The quantitative estimate of drug-likeness (QED) is 0.852. The fraction of sp³-hybridized carbons (Fsp3) is 0.857. The van der Waals surface area contributed by atoms with Crippen LogP contribution in [-0.4, -0.2) is 27.8 Å². The molecule has 1 N–H and O–H groups in total. The Kier molecular flexibility index (Phi) is 3.16. The Morgan fingerprint density at radius 1 is 1.40 bits per heavy atom. The predicted octanol–water partition coefficient (Wildman–Crippen LogP) is 3.05. The van der Waals surface area contributed by atoms with Gasteiger partial charge in [0.05, 0.1) is 0 Å². The van der Waals surface area contributed by atoms with Crippen molar-refractivity contribution in [1.29, 1.82) is 0 Å². The highest BCUT2D eigenvalue weighted by Crippen LogP contribution is 2.54. The van der Waals surface area contributed by atoms with E-state index in [0.29, 0.717) is 18.0 Å². The summed E-state index contributed by atoms with van der Waals surface area (Å²) < 4.78 is 26.5. The molecule has 1 amide bonds. The van der Waals surface area contributed by atoms with Gasteiger partial charge in [-0.05, 0) is 31.6 Å². The molecule has 4 atom stereocenters. The molecule has 0 radical (unpaired) electrons. The number of nitrogens with zero attached hydrogens (tertiary/aromatic N) is 1. The van der Waals surface area contributed by atoms with Crippen LogP contribution in [0.25, 0.3) is 0 Å². The molecule has 112 valence electrons. The summed E-state index contributed by atoms with van der Waals surface area (Å²) >= 11 is 1.45. The molecule has 0 saturated heterocycles. The van der Waals surface area contributed by atoms with E-state index in [1.807, 2.05) is 20.8 Å². The molecule has 0 aromatic heterocycles. The van der Waals surface area contributed by atoms with Crippen LogP contribution in [0.1, 0.15) is 40.0 Å². The first-order chi connectivity index (χ1) is 9.22. The summed E-state index contributed by atoms with van der Waals surface area (Å²) in [7, 11) is 0. The van der Waals surface area contributed by atoms with Crippen molar-refractivity contribution >= 4 is 22.8 Å². The average molecular weight is 302 g/mol. The van der Waals surface area contributed by atoms with Crippen molar-refractivity contribution in [2.75, 3.05) is 0 Å². The maximum absolute atomic E-state index is 13.5. The lowest BCUT2D eigenvalue weighted by molar-refractivity contribution is -0.120. The number of carbonyl (C=O) groups is 1. The molecule has 0 aromatic rings. The van der Waals surface area contributed by atoms with Crippen molar-refractivity contribution in [3.8, 4) is 0 Å². The van der Waals surface area contributed by atoms with Gasteiger partial charge in [-0.2, -0.15) is 4.99 Å². The molecule has 20 heavy (non-hydrogen) atoms. The molecule has 3 rings (SSSR count). The van der Waals surface area contributed by atoms with E-state index in [2.05, 4.69) is 10.3 Å². The molecule has 0 aromatic carbocycles. The first-order valence-corrected chi connectivity index (χ1v) is 8.00. The summed E-state index contributed by atoms with van der Waals surface area (Å²) in [4.78, 5) is 16.1. The van der Waals surface area contributed by atoms with E-state index in [1.54, 1.807) is 0 Å². The molecule has 6 heteroatoms. The standard InChI is InChI=1S/C14H20F2N2OS/c1-7(2)13(3)11(19)18-12(20-13)17-10-5-9-4-8(10)6-14(9,15)16/h7-10H,4-6H2,1-3H3,(H,17,18,19)/t8?,9-,10-,13-/m1/s1. The van der Waals surface area contributed by atoms with Crippen LogP contribution in [0, 0.1) is 17.8 Å². The fourth-order valence-electron chi connectivity index (χ4n) is 3.44. The average Bonchev–Trinajstić information content (AvgIpc) is 2.91. The lowest BCUT2D eigenvalue weighted by Gasteiger charge is -2.29. The zero-order valence-corrected chi connectivity index (χ0v) is 12.8. The second-order valence-electron chi connectivity index (χ2n) is 6.73. The van der Waals surface area contributed by atoms with Crippen LogP contribution >= 0.6 is 11.8 Å². The van der Waals surface area contributed by atoms with Crippen molar-refractivity contribution in [2.45, 2.75) is 56.7 Å². The Balaban J connectivity index is 1.65. The van der Waals surface area contributed by atoms with Crippen molar-refractivity contribution in [1.82, 2.24) is 5.32 Å². The molecule has 2 saturated carbocycles. The molecule has 3 nitrogen and oxygen atoms in total. The SMILES string of the molecule is CC(C)[C@@]1(C)SC(N[C@@H]2C[C@H]3CC2CC3(F)F)=NC1=O. The summed E-state index contributed by atoms with van der Waals surface area (Å²) in [6, 6.07) is 0.0492. The van der Waals surface area contributed by atoms with Gasteiger partial charge in [0, 0.05) is 18.4 Å². The number of hydrogen-bond acceptors (Lipinski definition) is 3. The van der Waals surface area contributed by atoms with Gasteiger partial charge < -0.3 is 5.32 Å². The zero-order valence-electron chi connectivity index (χ0n) is 12.0. The van der Waals surface area contributed by atoms with Crippen LogP contribution in [0.5, 0.6) is 0 Å². The van der Waals surface area contributed by atoms with Gasteiger partial charge in [-0.1, -0.05) is 25.6 Å². The lowest BCUT2D eigenvalue weighted by Crippen LogP contribution is -2.41. The lowest BCUT2D eigenvalue weighted by atomic mass is 9.92. The van der Waals surface area contributed by atoms with Gasteiger partial charge in [-0.25, -0.2) is 8.78 Å². The van der Waals surface area contributed by atoms with E-state index in [9.17, 15) is 13.6 Å². The summed E-state index contributed by atoms with van der Waals surface area (Å²) in [6.07, 6.45) is 1.06. The van der Waals surface area contributed by atoms with Crippen molar-refractivity contribution in [2.24, 2.45) is 22.7 Å². The van der Waals surface area contributed by atoms with Gasteiger partial charge in [-0.15, -0.1) is 0 Å². The van der Waals surface area contributed by atoms with Crippen LogP contribution in [0.2, 0.25) is 0 Å². The number of rotatable bonds is 2. The monoisotopic (exact) mass is 302 g/mol. The van der Waals surface area contributed by atoms with Crippen LogP contribution < -0.4 is 5.32 Å². The number of thioether (sulfide) groups is 1. The number of amidine groups is 1.